The number of nitrogens with one attached hydrogen (secondary N) is 4. The molecule has 1 aliphatic heterocycles. The second kappa shape index (κ2) is 8.67. The minimum absolute atomic E-state index is 0.196. The highest BCUT2D eigenvalue weighted by atomic mass is 16.2. The highest BCUT2D eigenvalue weighted by Crippen LogP contribution is 2.33. The van der Waals surface area contributed by atoms with E-state index in [2.05, 4.69) is 21.3 Å². The molecule has 6 N–H and O–H groups in total. The Hall–Kier alpha value is -3.84. The third-order valence-corrected chi connectivity index (χ3v) is 4.89. The number of carbonyl (C=O) groups is 2. The molecule has 0 radical (unpaired) electrons. The summed E-state index contributed by atoms with van der Waals surface area (Å²) in [5.74, 6) is -0.468. The number of anilines is 4. The fourth-order valence-corrected chi connectivity index (χ4v) is 3.40. The number of carbonyl (C=O) groups excluding carboxylic acids is 2. The van der Waals surface area contributed by atoms with E-state index in [-0.39, 0.29) is 11.8 Å². The quantitative estimate of drug-likeness (QED) is 0.417. The zero-order chi connectivity index (χ0) is 20.9. The van der Waals surface area contributed by atoms with E-state index in [0.29, 0.717) is 36.4 Å². The topological polar surface area (TPSA) is 108 Å². The van der Waals surface area contributed by atoms with Crippen molar-refractivity contribution < 1.29 is 9.59 Å². The number of rotatable bonds is 7. The van der Waals surface area contributed by atoms with Crippen LogP contribution in [0.4, 0.5) is 22.7 Å². The summed E-state index contributed by atoms with van der Waals surface area (Å²) in [6.45, 7) is 1.61. The van der Waals surface area contributed by atoms with Gasteiger partial charge in [-0.3, -0.25) is 9.59 Å². The minimum Gasteiger partial charge on any atom is -0.384 e. The number of benzene rings is 3. The van der Waals surface area contributed by atoms with Crippen molar-refractivity contribution in [3.05, 3.63) is 83.4 Å². The number of fused-ring (bicyclic) bond motifs is 1. The van der Waals surface area contributed by atoms with E-state index in [1.165, 1.54) is 0 Å². The molecule has 0 aromatic heterocycles. The molecule has 0 saturated heterocycles. The van der Waals surface area contributed by atoms with Gasteiger partial charge in [0, 0.05) is 47.8 Å². The van der Waals surface area contributed by atoms with Crippen molar-refractivity contribution >= 4 is 34.6 Å². The van der Waals surface area contributed by atoms with E-state index >= 15 is 0 Å². The Morgan fingerprint density at radius 1 is 0.933 bits per heavy atom. The fourth-order valence-electron chi connectivity index (χ4n) is 3.40. The average Bonchev–Trinajstić information content (AvgIpc) is 3.17. The molecular formula is C23H23N5O2. The fraction of sp³-hybridized carbons (Fsp3) is 0.130. The Morgan fingerprint density at radius 2 is 1.67 bits per heavy atom. The molecule has 0 bridgehead atoms. The van der Waals surface area contributed by atoms with Gasteiger partial charge < -0.3 is 27.0 Å². The standard InChI is InChI=1S/C23H23N5O2/c24-12-13-25-16-8-6-15(7-9-16)22(29)28-20-11-10-19(18-14-26-23(30)21(18)20)27-17-4-2-1-3-5-17/h1-11,25,27H,12-14,24H2,(H,26,30)(H,28,29). The van der Waals surface area contributed by atoms with Crippen LogP contribution in [0, 0.1) is 0 Å². The Morgan fingerprint density at radius 3 is 2.40 bits per heavy atom. The van der Waals surface area contributed by atoms with Crippen molar-refractivity contribution in [1.82, 2.24) is 5.32 Å². The van der Waals surface area contributed by atoms with Crippen LogP contribution in [0.25, 0.3) is 0 Å². The molecule has 3 aromatic rings. The predicted molar refractivity (Wildman–Crippen MR) is 119 cm³/mol. The summed E-state index contributed by atoms with van der Waals surface area (Å²) < 4.78 is 0. The summed E-state index contributed by atoms with van der Waals surface area (Å²) in [5.41, 5.74) is 10.5. The van der Waals surface area contributed by atoms with Crippen molar-refractivity contribution in [2.75, 3.05) is 29.0 Å². The lowest BCUT2D eigenvalue weighted by Crippen LogP contribution is -2.17. The maximum Gasteiger partial charge on any atom is 0.255 e. The molecule has 4 rings (SSSR count). The maximum atomic E-state index is 12.7. The summed E-state index contributed by atoms with van der Waals surface area (Å²) in [5, 5.41) is 12.2. The summed E-state index contributed by atoms with van der Waals surface area (Å²) in [6, 6.07) is 20.5. The van der Waals surface area contributed by atoms with Crippen LogP contribution in [0.2, 0.25) is 0 Å². The van der Waals surface area contributed by atoms with Crippen LogP contribution in [0.15, 0.2) is 66.7 Å². The molecular weight excluding hydrogens is 378 g/mol. The van der Waals surface area contributed by atoms with Crippen molar-refractivity contribution in [3.8, 4) is 0 Å². The number of hydrogen-bond acceptors (Lipinski definition) is 5. The van der Waals surface area contributed by atoms with E-state index in [1.54, 1.807) is 18.2 Å². The molecule has 7 nitrogen and oxygen atoms in total. The second-order valence-electron chi connectivity index (χ2n) is 6.93. The van der Waals surface area contributed by atoms with Crippen molar-refractivity contribution in [2.24, 2.45) is 5.73 Å². The number of nitrogens with two attached hydrogens (primary N) is 1. The van der Waals surface area contributed by atoms with Gasteiger partial charge in [0.2, 0.25) is 0 Å². The van der Waals surface area contributed by atoms with Gasteiger partial charge in [-0.2, -0.15) is 0 Å². The van der Waals surface area contributed by atoms with E-state index in [4.69, 9.17) is 5.73 Å². The van der Waals surface area contributed by atoms with Crippen LogP contribution in [-0.2, 0) is 6.54 Å². The number of amides is 2. The highest BCUT2D eigenvalue weighted by molar-refractivity contribution is 6.11. The summed E-state index contributed by atoms with van der Waals surface area (Å²) in [7, 11) is 0. The molecule has 3 aromatic carbocycles. The largest absolute Gasteiger partial charge is 0.384 e. The lowest BCUT2D eigenvalue weighted by atomic mass is 10.0. The van der Waals surface area contributed by atoms with Gasteiger partial charge >= 0.3 is 0 Å². The van der Waals surface area contributed by atoms with Gasteiger partial charge in [-0.05, 0) is 48.5 Å². The van der Waals surface area contributed by atoms with Crippen LogP contribution in [-0.4, -0.2) is 24.9 Å². The molecule has 0 saturated carbocycles. The molecule has 30 heavy (non-hydrogen) atoms. The van der Waals surface area contributed by atoms with Crippen molar-refractivity contribution in [2.45, 2.75) is 6.54 Å². The SMILES string of the molecule is NCCNc1ccc(C(=O)Nc2ccc(Nc3ccccc3)c3c2C(=O)NC3)cc1. The molecule has 1 aliphatic rings. The van der Waals surface area contributed by atoms with Crippen LogP contribution in [0.3, 0.4) is 0 Å². The zero-order valence-corrected chi connectivity index (χ0v) is 16.4. The van der Waals surface area contributed by atoms with E-state index in [9.17, 15) is 9.59 Å². The molecule has 1 heterocycles. The monoisotopic (exact) mass is 401 g/mol. The van der Waals surface area contributed by atoms with Crippen LogP contribution < -0.4 is 27.0 Å². The lowest BCUT2D eigenvalue weighted by Gasteiger charge is -2.14. The zero-order valence-electron chi connectivity index (χ0n) is 16.4. The summed E-state index contributed by atoms with van der Waals surface area (Å²) >= 11 is 0. The van der Waals surface area contributed by atoms with Crippen molar-refractivity contribution in [3.63, 3.8) is 0 Å². The van der Waals surface area contributed by atoms with Gasteiger partial charge in [-0.15, -0.1) is 0 Å². The average molecular weight is 401 g/mol. The molecule has 0 aliphatic carbocycles. The number of hydrogen-bond donors (Lipinski definition) is 5. The first-order valence-electron chi connectivity index (χ1n) is 9.77. The summed E-state index contributed by atoms with van der Waals surface area (Å²) in [4.78, 5) is 25.2. The molecule has 0 unspecified atom stereocenters. The molecule has 0 fully saturated rings. The van der Waals surface area contributed by atoms with E-state index in [0.717, 1.165) is 22.6 Å². The molecule has 0 spiro atoms. The Labute approximate surface area is 174 Å². The Bertz CT molecular complexity index is 1060. The van der Waals surface area contributed by atoms with Crippen LogP contribution in [0.1, 0.15) is 26.3 Å². The number of para-hydroxylation sites is 1. The van der Waals surface area contributed by atoms with Gasteiger partial charge in [0.05, 0.1) is 11.3 Å². The smallest absolute Gasteiger partial charge is 0.255 e. The van der Waals surface area contributed by atoms with Gasteiger partial charge in [-0.25, -0.2) is 0 Å². The predicted octanol–water partition coefficient (Wildman–Crippen LogP) is 3.30. The third-order valence-electron chi connectivity index (χ3n) is 4.89. The molecule has 2 amide bonds. The third kappa shape index (κ3) is 4.11. The normalized spacial score (nSPS) is 12.1. The second-order valence-corrected chi connectivity index (χ2v) is 6.93. The minimum atomic E-state index is -0.272. The van der Waals surface area contributed by atoms with E-state index in [1.807, 2.05) is 48.5 Å². The first-order chi connectivity index (χ1) is 14.7. The van der Waals surface area contributed by atoms with Gasteiger partial charge in [0.15, 0.2) is 0 Å². The molecule has 0 atom stereocenters. The Kier molecular flexibility index (Phi) is 5.63. The van der Waals surface area contributed by atoms with Crippen molar-refractivity contribution in [1.29, 1.82) is 0 Å². The van der Waals surface area contributed by atoms with Gasteiger partial charge in [0.1, 0.15) is 0 Å². The Balaban J connectivity index is 1.55. The van der Waals surface area contributed by atoms with Crippen LogP contribution in [0.5, 0.6) is 0 Å². The van der Waals surface area contributed by atoms with Gasteiger partial charge in [0.25, 0.3) is 11.8 Å². The van der Waals surface area contributed by atoms with E-state index < -0.39 is 0 Å². The maximum absolute atomic E-state index is 12.7. The first-order valence-corrected chi connectivity index (χ1v) is 9.77. The molecule has 7 heteroatoms. The lowest BCUT2D eigenvalue weighted by molar-refractivity contribution is 0.0966. The van der Waals surface area contributed by atoms with Gasteiger partial charge in [-0.1, -0.05) is 18.2 Å². The summed E-state index contributed by atoms with van der Waals surface area (Å²) in [6.07, 6.45) is 0. The highest BCUT2D eigenvalue weighted by Gasteiger charge is 2.26. The first kappa shape index (κ1) is 19.5. The van der Waals surface area contributed by atoms with Crippen LogP contribution >= 0.6 is 0 Å². The molecule has 152 valence electrons.